The van der Waals surface area contributed by atoms with Gasteiger partial charge in [0.2, 0.25) is 11.8 Å². The van der Waals surface area contributed by atoms with Crippen LogP contribution in [0.25, 0.3) is 0 Å². The number of carbonyl (C=O) groups is 4. The summed E-state index contributed by atoms with van der Waals surface area (Å²) in [5.41, 5.74) is 2.37. The molecule has 2 aliphatic heterocycles. The zero-order chi connectivity index (χ0) is 18.7. The van der Waals surface area contributed by atoms with E-state index in [1.54, 1.807) is 17.9 Å². The van der Waals surface area contributed by atoms with Crippen molar-refractivity contribution < 1.29 is 19.2 Å². The molecule has 7 nitrogen and oxygen atoms in total. The number of fused-ring (bicyclic) bond motifs is 1. The number of Topliss-reactive ketones (excluding diaryl/α,β-unsaturated/α-hetero) is 1. The lowest BCUT2D eigenvalue weighted by molar-refractivity contribution is -0.137. The van der Waals surface area contributed by atoms with Crippen molar-refractivity contribution in [3.8, 4) is 0 Å². The van der Waals surface area contributed by atoms with Crippen molar-refractivity contribution in [1.29, 1.82) is 0 Å². The van der Waals surface area contributed by atoms with E-state index in [2.05, 4.69) is 10.6 Å². The molecule has 1 unspecified atom stereocenters. The molecule has 1 aromatic rings. The molecule has 0 saturated carbocycles. The highest BCUT2D eigenvalue weighted by molar-refractivity contribution is 6.06. The lowest BCUT2D eigenvalue weighted by atomic mass is 10.0. The Kier molecular flexibility index (Phi) is 5.35. The standard InChI is InChI=1S/C19H23N3O4/c1-12(23)5-2-3-10-20-15-7-4-6-13-14(15)11-22(19(13)26)16-8-9-17(24)21-18(16)25/h4,6-7,16,20H,2-3,5,8-11H2,1H3,(H,21,24,25). The summed E-state index contributed by atoms with van der Waals surface area (Å²) in [6.07, 6.45) is 2.89. The molecule has 1 saturated heterocycles. The predicted octanol–water partition coefficient (Wildman–Crippen LogP) is 1.62. The highest BCUT2D eigenvalue weighted by Crippen LogP contribution is 2.32. The summed E-state index contributed by atoms with van der Waals surface area (Å²) in [4.78, 5) is 48.7. The van der Waals surface area contributed by atoms with Gasteiger partial charge in [-0.15, -0.1) is 0 Å². The number of piperidine rings is 1. The lowest BCUT2D eigenvalue weighted by Gasteiger charge is -2.29. The van der Waals surface area contributed by atoms with E-state index < -0.39 is 11.9 Å². The van der Waals surface area contributed by atoms with E-state index >= 15 is 0 Å². The van der Waals surface area contributed by atoms with Crippen molar-refractivity contribution in [3.05, 3.63) is 29.3 Å². The summed E-state index contributed by atoms with van der Waals surface area (Å²) < 4.78 is 0. The van der Waals surface area contributed by atoms with Gasteiger partial charge in [-0.3, -0.25) is 19.7 Å². The molecule has 0 spiro atoms. The summed E-state index contributed by atoms with van der Waals surface area (Å²) in [5.74, 6) is -0.671. The van der Waals surface area contributed by atoms with Gasteiger partial charge in [0.25, 0.3) is 5.91 Å². The minimum Gasteiger partial charge on any atom is -0.385 e. The van der Waals surface area contributed by atoms with Crippen LogP contribution >= 0.6 is 0 Å². The molecule has 3 amide bonds. The van der Waals surface area contributed by atoms with E-state index in [-0.39, 0.29) is 24.0 Å². The number of unbranched alkanes of at least 4 members (excludes halogenated alkanes) is 1. The van der Waals surface area contributed by atoms with Gasteiger partial charge in [0, 0.05) is 42.7 Å². The van der Waals surface area contributed by atoms with Crippen LogP contribution in [0.2, 0.25) is 0 Å². The second kappa shape index (κ2) is 7.68. The van der Waals surface area contributed by atoms with E-state index in [0.717, 1.165) is 30.6 Å². The van der Waals surface area contributed by atoms with Gasteiger partial charge in [-0.2, -0.15) is 0 Å². The number of benzene rings is 1. The van der Waals surface area contributed by atoms with Gasteiger partial charge < -0.3 is 15.0 Å². The molecule has 2 aliphatic rings. The summed E-state index contributed by atoms with van der Waals surface area (Å²) in [5, 5.41) is 5.65. The average Bonchev–Trinajstić information content (AvgIpc) is 2.92. The Bertz CT molecular complexity index is 759. The molecule has 0 aliphatic carbocycles. The minimum absolute atomic E-state index is 0.172. The number of imide groups is 1. The van der Waals surface area contributed by atoms with Crippen molar-refractivity contribution in [1.82, 2.24) is 10.2 Å². The first-order valence-electron chi connectivity index (χ1n) is 8.97. The maximum atomic E-state index is 12.7. The molecular weight excluding hydrogens is 334 g/mol. The molecule has 1 atom stereocenters. The van der Waals surface area contributed by atoms with Crippen LogP contribution in [0, 0.1) is 0 Å². The number of amides is 3. The summed E-state index contributed by atoms with van der Waals surface area (Å²) >= 11 is 0. The van der Waals surface area contributed by atoms with Crippen LogP contribution in [0.5, 0.6) is 0 Å². The van der Waals surface area contributed by atoms with Crippen LogP contribution in [0.1, 0.15) is 54.9 Å². The SMILES string of the molecule is CC(=O)CCCCNc1cccc2c1CN(C1CCC(=O)NC1=O)C2=O. The number of nitrogens with one attached hydrogen (secondary N) is 2. The highest BCUT2D eigenvalue weighted by atomic mass is 16.2. The molecule has 0 radical (unpaired) electrons. The first kappa shape index (κ1) is 18.1. The number of anilines is 1. The van der Waals surface area contributed by atoms with E-state index in [0.29, 0.717) is 24.9 Å². The topological polar surface area (TPSA) is 95.6 Å². The Hall–Kier alpha value is -2.70. The van der Waals surface area contributed by atoms with Crippen molar-refractivity contribution in [2.24, 2.45) is 0 Å². The fraction of sp³-hybridized carbons (Fsp3) is 0.474. The molecule has 2 heterocycles. The van der Waals surface area contributed by atoms with Crippen LogP contribution in [-0.2, 0) is 20.9 Å². The second-order valence-electron chi connectivity index (χ2n) is 6.82. The van der Waals surface area contributed by atoms with Crippen LogP contribution in [0.4, 0.5) is 5.69 Å². The van der Waals surface area contributed by atoms with E-state index in [9.17, 15) is 19.2 Å². The van der Waals surface area contributed by atoms with Crippen LogP contribution in [0.3, 0.4) is 0 Å². The first-order valence-corrected chi connectivity index (χ1v) is 8.97. The molecule has 2 N–H and O–H groups in total. The van der Waals surface area contributed by atoms with E-state index in [1.165, 1.54) is 0 Å². The maximum absolute atomic E-state index is 12.7. The first-order chi connectivity index (χ1) is 12.5. The molecule has 26 heavy (non-hydrogen) atoms. The summed E-state index contributed by atoms with van der Waals surface area (Å²) in [7, 11) is 0. The largest absolute Gasteiger partial charge is 0.385 e. The van der Waals surface area contributed by atoms with Gasteiger partial charge in [-0.05, 0) is 38.3 Å². The summed E-state index contributed by atoms with van der Waals surface area (Å²) in [6, 6.07) is 4.91. The molecule has 1 fully saturated rings. The Morgan fingerprint density at radius 1 is 1.27 bits per heavy atom. The normalized spacial score (nSPS) is 19.3. The fourth-order valence-corrected chi connectivity index (χ4v) is 3.47. The van der Waals surface area contributed by atoms with Crippen LogP contribution in [-0.4, -0.2) is 41.0 Å². The van der Waals surface area contributed by atoms with Gasteiger partial charge in [0.1, 0.15) is 11.8 Å². The highest BCUT2D eigenvalue weighted by Gasteiger charge is 2.39. The Morgan fingerprint density at radius 3 is 2.81 bits per heavy atom. The van der Waals surface area contributed by atoms with Crippen LogP contribution in [0.15, 0.2) is 18.2 Å². The van der Waals surface area contributed by atoms with Crippen LogP contribution < -0.4 is 10.6 Å². The molecule has 1 aromatic carbocycles. The molecule has 0 bridgehead atoms. The number of carbonyl (C=O) groups excluding carboxylic acids is 4. The van der Waals surface area contributed by atoms with Gasteiger partial charge in [0.05, 0.1) is 0 Å². The lowest BCUT2D eigenvalue weighted by Crippen LogP contribution is -2.52. The molecule has 138 valence electrons. The third-order valence-corrected chi connectivity index (χ3v) is 4.85. The summed E-state index contributed by atoms with van der Waals surface area (Å²) in [6.45, 7) is 2.67. The number of ketones is 1. The zero-order valence-electron chi connectivity index (χ0n) is 14.8. The zero-order valence-corrected chi connectivity index (χ0v) is 14.8. The number of nitrogens with zero attached hydrogens (tertiary/aromatic N) is 1. The monoisotopic (exact) mass is 357 g/mol. The molecule has 3 rings (SSSR count). The number of hydrogen-bond acceptors (Lipinski definition) is 5. The second-order valence-corrected chi connectivity index (χ2v) is 6.82. The Morgan fingerprint density at radius 2 is 2.08 bits per heavy atom. The third-order valence-electron chi connectivity index (χ3n) is 4.85. The maximum Gasteiger partial charge on any atom is 0.255 e. The average molecular weight is 357 g/mol. The minimum atomic E-state index is -0.601. The van der Waals surface area contributed by atoms with Crippen molar-refractivity contribution in [2.75, 3.05) is 11.9 Å². The van der Waals surface area contributed by atoms with Crippen molar-refractivity contribution >= 4 is 29.2 Å². The quantitative estimate of drug-likeness (QED) is 0.571. The van der Waals surface area contributed by atoms with Crippen molar-refractivity contribution in [2.45, 2.75) is 51.6 Å². The van der Waals surface area contributed by atoms with Gasteiger partial charge in [0.15, 0.2) is 0 Å². The Labute approximate surface area is 152 Å². The van der Waals surface area contributed by atoms with Gasteiger partial charge in [-0.1, -0.05) is 6.07 Å². The molecule has 0 aromatic heterocycles. The molecular formula is C19H23N3O4. The van der Waals surface area contributed by atoms with Crippen molar-refractivity contribution in [3.63, 3.8) is 0 Å². The predicted molar refractivity (Wildman–Crippen MR) is 95.5 cm³/mol. The number of rotatable bonds is 7. The third kappa shape index (κ3) is 3.76. The van der Waals surface area contributed by atoms with E-state index in [4.69, 9.17) is 0 Å². The Balaban J connectivity index is 1.66. The van der Waals surface area contributed by atoms with Gasteiger partial charge >= 0.3 is 0 Å². The van der Waals surface area contributed by atoms with E-state index in [1.807, 2.05) is 12.1 Å². The molecule has 7 heteroatoms. The fourth-order valence-electron chi connectivity index (χ4n) is 3.47. The van der Waals surface area contributed by atoms with Gasteiger partial charge in [-0.25, -0.2) is 0 Å². The number of hydrogen-bond donors (Lipinski definition) is 2. The smallest absolute Gasteiger partial charge is 0.255 e.